The van der Waals surface area contributed by atoms with E-state index in [1.807, 2.05) is 6.92 Å². The van der Waals surface area contributed by atoms with E-state index < -0.39 is 10.0 Å². The summed E-state index contributed by atoms with van der Waals surface area (Å²) in [6, 6.07) is 3.45. The van der Waals surface area contributed by atoms with Crippen LogP contribution < -0.4 is 5.32 Å². The van der Waals surface area contributed by atoms with Crippen molar-refractivity contribution >= 4 is 15.8 Å². The van der Waals surface area contributed by atoms with Gasteiger partial charge < -0.3 is 5.32 Å². The standard InChI is InChI=1S/C14H21N3O2S/c1-2-15-14-9-13(7-8-16-14)20(18,19)17(12-5-6-12)10-11-3-4-11/h7-9,11-12H,2-6,10H2,1H3,(H,15,16). The largest absolute Gasteiger partial charge is 0.370 e. The molecule has 5 nitrogen and oxygen atoms in total. The molecule has 0 radical (unpaired) electrons. The van der Waals surface area contributed by atoms with Crippen molar-refractivity contribution < 1.29 is 8.42 Å². The van der Waals surface area contributed by atoms with Gasteiger partial charge in [-0.05, 0) is 44.6 Å². The molecule has 0 atom stereocenters. The first-order valence-electron chi connectivity index (χ1n) is 7.33. The SMILES string of the molecule is CCNc1cc(S(=O)(=O)N(CC2CC2)C2CC2)ccn1. The maximum atomic E-state index is 12.8. The molecular weight excluding hydrogens is 274 g/mol. The van der Waals surface area contributed by atoms with Crippen LogP contribution >= 0.6 is 0 Å². The van der Waals surface area contributed by atoms with Crippen LogP contribution in [0.3, 0.4) is 0 Å². The zero-order valence-electron chi connectivity index (χ0n) is 11.7. The normalized spacial score (nSPS) is 19.3. The lowest BCUT2D eigenvalue weighted by molar-refractivity contribution is 0.389. The molecule has 0 aromatic carbocycles. The fourth-order valence-electron chi connectivity index (χ4n) is 2.35. The van der Waals surface area contributed by atoms with Crippen molar-refractivity contribution in [2.24, 2.45) is 5.92 Å². The monoisotopic (exact) mass is 295 g/mol. The van der Waals surface area contributed by atoms with Gasteiger partial charge in [-0.2, -0.15) is 4.31 Å². The number of aromatic nitrogens is 1. The summed E-state index contributed by atoms with van der Waals surface area (Å²) in [6.45, 7) is 3.38. The van der Waals surface area contributed by atoms with E-state index in [2.05, 4.69) is 10.3 Å². The van der Waals surface area contributed by atoms with E-state index in [4.69, 9.17) is 0 Å². The summed E-state index contributed by atoms with van der Waals surface area (Å²) in [5.74, 6) is 1.19. The molecule has 0 amide bonds. The van der Waals surface area contributed by atoms with E-state index in [0.29, 0.717) is 23.2 Å². The fraction of sp³-hybridized carbons (Fsp3) is 0.643. The van der Waals surface area contributed by atoms with E-state index in [-0.39, 0.29) is 6.04 Å². The molecule has 0 unspecified atom stereocenters. The van der Waals surface area contributed by atoms with E-state index in [1.165, 1.54) is 0 Å². The molecule has 0 saturated heterocycles. The van der Waals surface area contributed by atoms with Crippen molar-refractivity contribution in [3.63, 3.8) is 0 Å². The number of rotatable bonds is 7. The van der Waals surface area contributed by atoms with E-state index in [0.717, 1.165) is 32.2 Å². The van der Waals surface area contributed by atoms with Gasteiger partial charge in [0.1, 0.15) is 5.82 Å². The Balaban J connectivity index is 1.86. The van der Waals surface area contributed by atoms with Crippen LogP contribution in [0.15, 0.2) is 23.2 Å². The molecule has 2 saturated carbocycles. The number of pyridine rings is 1. The molecule has 1 aromatic rings. The zero-order chi connectivity index (χ0) is 14.2. The quantitative estimate of drug-likeness (QED) is 0.836. The average molecular weight is 295 g/mol. The molecule has 2 aliphatic carbocycles. The Labute approximate surface area is 120 Å². The minimum Gasteiger partial charge on any atom is -0.370 e. The van der Waals surface area contributed by atoms with Crippen molar-refractivity contribution in [3.05, 3.63) is 18.3 Å². The lowest BCUT2D eigenvalue weighted by atomic mass is 10.4. The van der Waals surface area contributed by atoms with Crippen molar-refractivity contribution in [1.82, 2.24) is 9.29 Å². The van der Waals surface area contributed by atoms with Crippen molar-refractivity contribution in [2.45, 2.75) is 43.5 Å². The maximum Gasteiger partial charge on any atom is 0.243 e. The van der Waals surface area contributed by atoms with Crippen LogP contribution in [0.1, 0.15) is 32.6 Å². The third-order valence-corrected chi connectivity index (χ3v) is 5.70. The van der Waals surface area contributed by atoms with Gasteiger partial charge in [-0.15, -0.1) is 0 Å². The smallest absolute Gasteiger partial charge is 0.243 e. The van der Waals surface area contributed by atoms with Gasteiger partial charge in [0.05, 0.1) is 4.90 Å². The third-order valence-electron chi connectivity index (χ3n) is 3.79. The van der Waals surface area contributed by atoms with E-state index in [1.54, 1.807) is 22.6 Å². The first-order chi connectivity index (χ1) is 9.61. The second kappa shape index (κ2) is 5.33. The molecular formula is C14H21N3O2S. The van der Waals surface area contributed by atoms with Crippen molar-refractivity contribution in [1.29, 1.82) is 0 Å². The lowest BCUT2D eigenvalue weighted by Crippen LogP contribution is -2.35. The number of anilines is 1. The number of nitrogens with one attached hydrogen (secondary N) is 1. The Morgan fingerprint density at radius 3 is 2.70 bits per heavy atom. The van der Waals surface area contributed by atoms with Crippen molar-refractivity contribution in [3.8, 4) is 0 Å². The summed E-state index contributed by atoms with van der Waals surface area (Å²) < 4.78 is 27.3. The minimum absolute atomic E-state index is 0.219. The summed E-state index contributed by atoms with van der Waals surface area (Å²) in [4.78, 5) is 4.50. The first kappa shape index (κ1) is 13.8. The molecule has 110 valence electrons. The topological polar surface area (TPSA) is 62.3 Å². The maximum absolute atomic E-state index is 12.8. The lowest BCUT2D eigenvalue weighted by Gasteiger charge is -2.22. The van der Waals surface area contributed by atoms with E-state index in [9.17, 15) is 8.42 Å². The number of sulfonamides is 1. The van der Waals surface area contributed by atoms with Crippen LogP contribution in [0.4, 0.5) is 5.82 Å². The Morgan fingerprint density at radius 1 is 1.35 bits per heavy atom. The second-order valence-electron chi connectivity index (χ2n) is 5.66. The minimum atomic E-state index is -3.38. The predicted molar refractivity (Wildman–Crippen MR) is 78.0 cm³/mol. The van der Waals surface area contributed by atoms with Gasteiger partial charge >= 0.3 is 0 Å². The van der Waals surface area contributed by atoms with Crippen LogP contribution in [0.2, 0.25) is 0 Å². The summed E-state index contributed by atoms with van der Waals surface area (Å²) in [5.41, 5.74) is 0. The Morgan fingerprint density at radius 2 is 2.10 bits per heavy atom. The highest BCUT2D eigenvalue weighted by molar-refractivity contribution is 7.89. The van der Waals surface area contributed by atoms with Gasteiger partial charge in [0.25, 0.3) is 0 Å². The summed E-state index contributed by atoms with van der Waals surface area (Å²) in [7, 11) is -3.38. The van der Waals surface area contributed by atoms with Gasteiger partial charge in [-0.3, -0.25) is 0 Å². The van der Waals surface area contributed by atoms with Gasteiger partial charge in [0, 0.05) is 31.4 Å². The molecule has 20 heavy (non-hydrogen) atoms. The van der Waals surface area contributed by atoms with Crippen LogP contribution in [0.25, 0.3) is 0 Å². The van der Waals surface area contributed by atoms with Gasteiger partial charge in [-0.25, -0.2) is 13.4 Å². The van der Waals surface area contributed by atoms with Gasteiger partial charge in [-0.1, -0.05) is 0 Å². The molecule has 3 rings (SSSR count). The number of nitrogens with zero attached hydrogens (tertiary/aromatic N) is 2. The van der Waals surface area contributed by atoms with Crippen LogP contribution in [-0.2, 0) is 10.0 Å². The van der Waals surface area contributed by atoms with Gasteiger partial charge in [0.15, 0.2) is 0 Å². The molecule has 2 fully saturated rings. The third kappa shape index (κ3) is 2.96. The molecule has 0 bridgehead atoms. The van der Waals surface area contributed by atoms with Crippen LogP contribution in [0.5, 0.6) is 0 Å². The van der Waals surface area contributed by atoms with E-state index >= 15 is 0 Å². The summed E-state index contributed by atoms with van der Waals surface area (Å²) in [6.07, 6.45) is 5.89. The van der Waals surface area contributed by atoms with Gasteiger partial charge in [0.2, 0.25) is 10.0 Å². The first-order valence-corrected chi connectivity index (χ1v) is 8.77. The molecule has 1 aromatic heterocycles. The Hall–Kier alpha value is -1.14. The zero-order valence-corrected chi connectivity index (χ0v) is 12.6. The predicted octanol–water partition coefficient (Wildman–Crippen LogP) is 2.08. The van der Waals surface area contributed by atoms with Crippen molar-refractivity contribution in [2.75, 3.05) is 18.4 Å². The molecule has 1 N–H and O–H groups in total. The summed E-state index contributed by atoms with van der Waals surface area (Å²) >= 11 is 0. The van der Waals surface area contributed by atoms with Crippen LogP contribution in [-0.4, -0.2) is 36.8 Å². The molecule has 2 aliphatic rings. The highest BCUT2D eigenvalue weighted by atomic mass is 32.2. The molecule has 1 heterocycles. The molecule has 0 aliphatic heterocycles. The highest BCUT2D eigenvalue weighted by Crippen LogP contribution is 2.38. The average Bonchev–Trinajstić information content (AvgIpc) is 3.29. The van der Waals surface area contributed by atoms with Crippen LogP contribution in [0, 0.1) is 5.92 Å². The Bertz CT molecular complexity index is 580. The molecule has 0 spiro atoms. The molecule has 6 heteroatoms. The Kier molecular flexibility index (Phi) is 3.69. The fourth-order valence-corrected chi connectivity index (χ4v) is 4.12. The highest BCUT2D eigenvalue weighted by Gasteiger charge is 2.41. The number of hydrogen-bond donors (Lipinski definition) is 1. The summed E-state index contributed by atoms with van der Waals surface area (Å²) in [5, 5.41) is 3.06. The number of hydrogen-bond acceptors (Lipinski definition) is 4. The second-order valence-corrected chi connectivity index (χ2v) is 7.55.